The molecule has 114 valence electrons. The maximum absolute atomic E-state index is 12.7. The molecule has 0 spiro atoms. The molecule has 1 atom stereocenters. The number of hydrogen-bond donors (Lipinski definition) is 1. The van der Waals surface area contributed by atoms with Gasteiger partial charge in [0.15, 0.2) is 0 Å². The summed E-state index contributed by atoms with van der Waals surface area (Å²) in [7, 11) is 1.88. The number of amides is 1. The SMILES string of the molecule is CC[C@H](C(=O)N(CCO)Cc1nccn1C)n1cccn1. The molecule has 0 aliphatic carbocycles. The monoisotopic (exact) mass is 291 g/mol. The smallest absolute Gasteiger partial charge is 0.247 e. The van der Waals surface area contributed by atoms with Gasteiger partial charge in [0.25, 0.3) is 0 Å². The van der Waals surface area contributed by atoms with Gasteiger partial charge in [-0.05, 0) is 12.5 Å². The van der Waals surface area contributed by atoms with Crippen molar-refractivity contribution in [3.05, 3.63) is 36.7 Å². The zero-order valence-corrected chi connectivity index (χ0v) is 12.4. The van der Waals surface area contributed by atoms with Gasteiger partial charge in [-0.15, -0.1) is 0 Å². The van der Waals surface area contributed by atoms with E-state index in [9.17, 15) is 9.90 Å². The average Bonchev–Trinajstić information content (AvgIpc) is 3.12. The summed E-state index contributed by atoms with van der Waals surface area (Å²) in [5, 5.41) is 13.4. The van der Waals surface area contributed by atoms with Crippen LogP contribution in [-0.2, 0) is 18.4 Å². The highest BCUT2D eigenvalue weighted by Crippen LogP contribution is 2.15. The van der Waals surface area contributed by atoms with E-state index in [1.54, 1.807) is 34.2 Å². The van der Waals surface area contributed by atoms with Crippen LogP contribution in [0.4, 0.5) is 0 Å². The molecule has 2 heterocycles. The number of aliphatic hydroxyl groups excluding tert-OH is 1. The van der Waals surface area contributed by atoms with E-state index in [4.69, 9.17) is 0 Å². The maximum Gasteiger partial charge on any atom is 0.247 e. The van der Waals surface area contributed by atoms with Gasteiger partial charge < -0.3 is 14.6 Å². The maximum atomic E-state index is 12.7. The fourth-order valence-corrected chi connectivity index (χ4v) is 2.26. The Hall–Kier alpha value is -2.15. The molecule has 7 heteroatoms. The summed E-state index contributed by atoms with van der Waals surface area (Å²) in [5.74, 6) is 0.727. The van der Waals surface area contributed by atoms with Crippen molar-refractivity contribution >= 4 is 5.91 Å². The van der Waals surface area contributed by atoms with Gasteiger partial charge in [-0.2, -0.15) is 5.10 Å². The van der Waals surface area contributed by atoms with Crippen molar-refractivity contribution in [3.63, 3.8) is 0 Å². The van der Waals surface area contributed by atoms with Gasteiger partial charge in [-0.1, -0.05) is 6.92 Å². The molecule has 1 N–H and O–H groups in total. The first-order valence-corrected chi connectivity index (χ1v) is 7.02. The minimum Gasteiger partial charge on any atom is -0.395 e. The highest BCUT2D eigenvalue weighted by Gasteiger charge is 2.25. The number of imidazole rings is 1. The molecule has 2 rings (SSSR count). The molecule has 0 saturated carbocycles. The van der Waals surface area contributed by atoms with Gasteiger partial charge in [-0.3, -0.25) is 9.48 Å². The van der Waals surface area contributed by atoms with Crippen LogP contribution in [-0.4, -0.2) is 48.4 Å². The largest absolute Gasteiger partial charge is 0.395 e. The van der Waals surface area contributed by atoms with Crippen molar-refractivity contribution in [3.8, 4) is 0 Å². The molecular weight excluding hydrogens is 270 g/mol. The Bertz CT molecular complexity index is 564. The third-order valence-corrected chi connectivity index (χ3v) is 3.45. The molecule has 0 aliphatic heterocycles. The third-order valence-electron chi connectivity index (χ3n) is 3.45. The van der Waals surface area contributed by atoms with Crippen LogP contribution >= 0.6 is 0 Å². The molecule has 0 fully saturated rings. The number of rotatable bonds is 7. The van der Waals surface area contributed by atoms with Gasteiger partial charge in [0.1, 0.15) is 11.9 Å². The average molecular weight is 291 g/mol. The van der Waals surface area contributed by atoms with E-state index in [2.05, 4.69) is 10.1 Å². The van der Waals surface area contributed by atoms with Crippen LogP contribution in [0.15, 0.2) is 30.9 Å². The van der Waals surface area contributed by atoms with Crippen LogP contribution in [0.25, 0.3) is 0 Å². The molecule has 0 radical (unpaired) electrons. The number of nitrogens with zero attached hydrogens (tertiary/aromatic N) is 5. The quantitative estimate of drug-likeness (QED) is 0.810. The molecule has 7 nitrogen and oxygen atoms in total. The number of carbonyl (C=O) groups is 1. The summed E-state index contributed by atoms with van der Waals surface area (Å²) < 4.78 is 3.53. The summed E-state index contributed by atoms with van der Waals surface area (Å²) in [5.41, 5.74) is 0. The van der Waals surface area contributed by atoms with Gasteiger partial charge in [0.05, 0.1) is 13.2 Å². The fourth-order valence-electron chi connectivity index (χ4n) is 2.26. The Kier molecular flexibility index (Phi) is 5.10. The number of hydrogen-bond acceptors (Lipinski definition) is 4. The molecule has 21 heavy (non-hydrogen) atoms. The van der Waals surface area contributed by atoms with Gasteiger partial charge in [-0.25, -0.2) is 4.98 Å². The van der Waals surface area contributed by atoms with E-state index in [-0.39, 0.29) is 25.1 Å². The van der Waals surface area contributed by atoms with Crippen molar-refractivity contribution in [2.75, 3.05) is 13.2 Å². The van der Waals surface area contributed by atoms with Crippen molar-refractivity contribution < 1.29 is 9.90 Å². The summed E-state index contributed by atoms with van der Waals surface area (Å²) in [6.45, 7) is 2.53. The molecule has 0 aromatic carbocycles. The Morgan fingerprint density at radius 3 is 2.76 bits per heavy atom. The van der Waals surface area contributed by atoms with Crippen LogP contribution in [0.3, 0.4) is 0 Å². The predicted octanol–water partition coefficient (Wildman–Crippen LogP) is 0.589. The summed E-state index contributed by atoms with van der Waals surface area (Å²) in [4.78, 5) is 18.6. The number of aryl methyl sites for hydroxylation is 1. The molecule has 1 amide bonds. The van der Waals surface area contributed by atoms with Crippen LogP contribution < -0.4 is 0 Å². The van der Waals surface area contributed by atoms with Crippen molar-refractivity contribution in [2.45, 2.75) is 25.9 Å². The molecule has 0 saturated heterocycles. The molecule has 0 unspecified atom stereocenters. The minimum absolute atomic E-state index is 0.0572. The molecule has 2 aromatic heterocycles. The van der Waals surface area contributed by atoms with E-state index in [0.29, 0.717) is 13.0 Å². The van der Waals surface area contributed by atoms with E-state index in [0.717, 1.165) is 5.82 Å². The van der Waals surface area contributed by atoms with E-state index < -0.39 is 0 Å². The lowest BCUT2D eigenvalue weighted by Crippen LogP contribution is -2.39. The summed E-state index contributed by atoms with van der Waals surface area (Å²) in [6.07, 6.45) is 7.61. The lowest BCUT2D eigenvalue weighted by atomic mass is 10.2. The van der Waals surface area contributed by atoms with E-state index in [1.807, 2.05) is 24.7 Å². The Morgan fingerprint density at radius 2 is 2.24 bits per heavy atom. The number of carbonyl (C=O) groups excluding carboxylic acids is 1. The normalized spacial score (nSPS) is 12.3. The zero-order valence-electron chi connectivity index (χ0n) is 12.4. The topological polar surface area (TPSA) is 76.2 Å². The van der Waals surface area contributed by atoms with Gasteiger partial charge >= 0.3 is 0 Å². The highest BCUT2D eigenvalue weighted by atomic mass is 16.3. The lowest BCUT2D eigenvalue weighted by molar-refractivity contribution is -0.136. The number of aromatic nitrogens is 4. The summed E-state index contributed by atoms with van der Waals surface area (Å²) >= 11 is 0. The second kappa shape index (κ2) is 7.03. The fraction of sp³-hybridized carbons (Fsp3) is 0.500. The van der Waals surface area contributed by atoms with Crippen LogP contribution in [0.2, 0.25) is 0 Å². The zero-order chi connectivity index (χ0) is 15.2. The van der Waals surface area contributed by atoms with Crippen molar-refractivity contribution in [1.82, 2.24) is 24.2 Å². The first-order valence-electron chi connectivity index (χ1n) is 7.02. The third kappa shape index (κ3) is 3.49. The molecule has 0 aliphatic rings. The van der Waals surface area contributed by atoms with Crippen molar-refractivity contribution in [1.29, 1.82) is 0 Å². The standard InChI is InChI=1S/C14H21N5O2/c1-3-12(19-7-4-5-16-19)14(21)18(9-10-20)11-13-15-6-8-17(13)2/h4-8,12,20H,3,9-11H2,1-2H3/t12-/m1/s1. The predicted molar refractivity (Wildman–Crippen MR) is 77.3 cm³/mol. The second-order valence-electron chi connectivity index (χ2n) is 4.85. The lowest BCUT2D eigenvalue weighted by Gasteiger charge is -2.26. The van der Waals surface area contributed by atoms with Crippen LogP contribution in [0.1, 0.15) is 25.2 Å². The molecular formula is C14H21N5O2. The van der Waals surface area contributed by atoms with Crippen molar-refractivity contribution in [2.24, 2.45) is 7.05 Å². The Balaban J connectivity index is 2.16. The Labute approximate surface area is 123 Å². The number of aliphatic hydroxyl groups is 1. The van der Waals surface area contributed by atoms with Crippen LogP contribution in [0.5, 0.6) is 0 Å². The summed E-state index contributed by atoms with van der Waals surface area (Å²) in [6, 6.07) is 1.44. The Morgan fingerprint density at radius 1 is 1.43 bits per heavy atom. The molecule has 2 aromatic rings. The van der Waals surface area contributed by atoms with Crippen LogP contribution in [0, 0.1) is 0 Å². The first kappa shape index (κ1) is 15.2. The highest BCUT2D eigenvalue weighted by molar-refractivity contribution is 5.80. The van der Waals surface area contributed by atoms with E-state index >= 15 is 0 Å². The van der Waals surface area contributed by atoms with E-state index in [1.165, 1.54) is 0 Å². The minimum atomic E-state index is -0.355. The first-order chi connectivity index (χ1) is 10.2. The molecule has 0 bridgehead atoms. The second-order valence-corrected chi connectivity index (χ2v) is 4.85. The van der Waals surface area contributed by atoms with Gasteiger partial charge in [0, 0.05) is 38.4 Å². The van der Waals surface area contributed by atoms with Gasteiger partial charge in [0.2, 0.25) is 5.91 Å².